The lowest BCUT2D eigenvalue weighted by molar-refractivity contribution is 0.0546. The van der Waals surface area contributed by atoms with Crippen LogP contribution in [-0.2, 0) is 4.74 Å². The lowest BCUT2D eigenvalue weighted by Gasteiger charge is -2.30. The second-order valence-corrected chi connectivity index (χ2v) is 5.13. The molecule has 1 aliphatic heterocycles. The molecule has 1 unspecified atom stereocenters. The summed E-state index contributed by atoms with van der Waals surface area (Å²) in [5, 5.41) is 3.43. The van der Waals surface area contributed by atoms with E-state index >= 15 is 0 Å². The minimum atomic E-state index is 0.650. The maximum Gasteiger partial charge on any atom is 0.0468 e. The van der Waals surface area contributed by atoms with E-state index in [1.54, 1.807) is 0 Å². The molecular formula is C12H23NO. The molecule has 1 heterocycles. The maximum atomic E-state index is 5.41. The van der Waals surface area contributed by atoms with E-state index in [1.165, 1.54) is 32.1 Å². The Labute approximate surface area is 87.4 Å². The molecule has 0 amide bonds. The molecule has 1 aliphatic carbocycles. The van der Waals surface area contributed by atoms with Gasteiger partial charge in [-0.2, -0.15) is 0 Å². The van der Waals surface area contributed by atoms with Crippen LogP contribution in [0.1, 0.15) is 39.0 Å². The lowest BCUT2D eigenvalue weighted by atomic mass is 9.83. The summed E-state index contributed by atoms with van der Waals surface area (Å²) in [5.74, 6) is 0.932. The zero-order chi connectivity index (χ0) is 10.0. The van der Waals surface area contributed by atoms with Crippen LogP contribution in [0.5, 0.6) is 0 Å². The van der Waals surface area contributed by atoms with Gasteiger partial charge < -0.3 is 10.1 Å². The SMILES string of the molecule is CNC(C)C1(CC2CCOCC2)CC1. The molecule has 0 radical (unpaired) electrons. The molecule has 14 heavy (non-hydrogen) atoms. The van der Waals surface area contributed by atoms with E-state index in [0.29, 0.717) is 11.5 Å². The van der Waals surface area contributed by atoms with Gasteiger partial charge in [0.1, 0.15) is 0 Å². The highest BCUT2D eigenvalue weighted by atomic mass is 16.5. The van der Waals surface area contributed by atoms with Gasteiger partial charge in [0.15, 0.2) is 0 Å². The predicted molar refractivity (Wildman–Crippen MR) is 58.3 cm³/mol. The first kappa shape index (κ1) is 10.4. The summed E-state index contributed by atoms with van der Waals surface area (Å²) in [6.07, 6.45) is 6.88. The van der Waals surface area contributed by atoms with Crippen molar-refractivity contribution >= 4 is 0 Å². The zero-order valence-electron chi connectivity index (χ0n) is 9.51. The van der Waals surface area contributed by atoms with Gasteiger partial charge in [0.2, 0.25) is 0 Å². The average molecular weight is 197 g/mol. The Morgan fingerprint density at radius 2 is 2.00 bits per heavy atom. The lowest BCUT2D eigenvalue weighted by Crippen LogP contribution is -2.34. The molecule has 2 aliphatic rings. The van der Waals surface area contributed by atoms with E-state index in [9.17, 15) is 0 Å². The first-order chi connectivity index (χ1) is 6.77. The molecule has 0 aromatic heterocycles. The first-order valence-electron chi connectivity index (χ1n) is 6.02. The minimum absolute atomic E-state index is 0.650. The van der Waals surface area contributed by atoms with Gasteiger partial charge in [-0.25, -0.2) is 0 Å². The van der Waals surface area contributed by atoms with Crippen LogP contribution in [0, 0.1) is 11.3 Å². The summed E-state index contributed by atoms with van der Waals surface area (Å²) in [7, 11) is 2.09. The van der Waals surface area contributed by atoms with Crippen molar-refractivity contribution in [2.45, 2.75) is 45.1 Å². The number of rotatable bonds is 4. The second-order valence-electron chi connectivity index (χ2n) is 5.13. The van der Waals surface area contributed by atoms with Crippen molar-refractivity contribution < 1.29 is 4.74 Å². The summed E-state index contributed by atoms with van der Waals surface area (Å²) >= 11 is 0. The van der Waals surface area contributed by atoms with Crippen LogP contribution in [0.25, 0.3) is 0 Å². The Bertz CT molecular complexity index is 183. The zero-order valence-corrected chi connectivity index (χ0v) is 9.51. The Morgan fingerprint density at radius 1 is 1.36 bits per heavy atom. The van der Waals surface area contributed by atoms with Gasteiger partial charge in [-0.15, -0.1) is 0 Å². The van der Waals surface area contributed by atoms with Crippen molar-refractivity contribution in [3.8, 4) is 0 Å². The standard InChI is InChI=1S/C12H23NO/c1-10(13-2)12(5-6-12)9-11-3-7-14-8-4-11/h10-11,13H,3-9H2,1-2H3. The quantitative estimate of drug-likeness (QED) is 0.746. The summed E-state index contributed by atoms with van der Waals surface area (Å²) in [6, 6.07) is 0.699. The third-order valence-corrected chi connectivity index (χ3v) is 4.28. The van der Waals surface area contributed by atoms with Gasteiger partial charge in [0.25, 0.3) is 0 Å². The number of hydrogen-bond donors (Lipinski definition) is 1. The highest BCUT2D eigenvalue weighted by molar-refractivity contribution is 5.01. The largest absolute Gasteiger partial charge is 0.381 e. The molecule has 2 rings (SSSR count). The van der Waals surface area contributed by atoms with Gasteiger partial charge in [-0.1, -0.05) is 0 Å². The van der Waals surface area contributed by atoms with E-state index in [2.05, 4.69) is 19.3 Å². The highest BCUT2D eigenvalue weighted by Crippen LogP contribution is 2.54. The molecule has 2 heteroatoms. The summed E-state index contributed by atoms with van der Waals surface area (Å²) in [4.78, 5) is 0. The highest BCUT2D eigenvalue weighted by Gasteiger charge is 2.47. The van der Waals surface area contributed by atoms with E-state index in [0.717, 1.165) is 19.1 Å². The predicted octanol–water partition coefficient (Wildman–Crippen LogP) is 2.19. The monoisotopic (exact) mass is 197 g/mol. The van der Waals surface area contributed by atoms with Crippen LogP contribution in [0.4, 0.5) is 0 Å². The fourth-order valence-corrected chi connectivity index (χ4v) is 2.81. The Kier molecular flexibility index (Phi) is 3.13. The number of nitrogens with one attached hydrogen (secondary N) is 1. The topological polar surface area (TPSA) is 21.3 Å². The fraction of sp³-hybridized carbons (Fsp3) is 1.00. The van der Waals surface area contributed by atoms with Crippen molar-refractivity contribution in [2.24, 2.45) is 11.3 Å². The second kappa shape index (κ2) is 4.19. The third kappa shape index (κ3) is 2.12. The van der Waals surface area contributed by atoms with Gasteiger partial charge in [-0.3, -0.25) is 0 Å². The van der Waals surface area contributed by atoms with E-state index in [-0.39, 0.29) is 0 Å². The van der Waals surface area contributed by atoms with Crippen LogP contribution in [0.3, 0.4) is 0 Å². The molecule has 1 atom stereocenters. The third-order valence-electron chi connectivity index (χ3n) is 4.28. The van der Waals surface area contributed by atoms with Crippen molar-refractivity contribution in [1.29, 1.82) is 0 Å². The number of hydrogen-bond acceptors (Lipinski definition) is 2. The van der Waals surface area contributed by atoms with Gasteiger partial charge in [0.05, 0.1) is 0 Å². The van der Waals surface area contributed by atoms with E-state index in [4.69, 9.17) is 4.74 Å². The first-order valence-corrected chi connectivity index (χ1v) is 6.02. The molecular weight excluding hydrogens is 174 g/mol. The molecule has 0 aromatic carbocycles. The fourth-order valence-electron chi connectivity index (χ4n) is 2.81. The molecule has 2 nitrogen and oxygen atoms in total. The van der Waals surface area contributed by atoms with Crippen molar-refractivity contribution in [3.05, 3.63) is 0 Å². The number of ether oxygens (including phenoxy) is 1. The maximum absolute atomic E-state index is 5.41. The molecule has 82 valence electrons. The van der Waals surface area contributed by atoms with E-state index < -0.39 is 0 Å². The van der Waals surface area contributed by atoms with Crippen molar-refractivity contribution in [3.63, 3.8) is 0 Å². The average Bonchev–Trinajstić information content (AvgIpc) is 2.99. The minimum Gasteiger partial charge on any atom is -0.381 e. The smallest absolute Gasteiger partial charge is 0.0468 e. The molecule has 1 saturated heterocycles. The Hall–Kier alpha value is -0.0800. The molecule has 0 aromatic rings. The van der Waals surface area contributed by atoms with Crippen molar-refractivity contribution in [1.82, 2.24) is 5.32 Å². The van der Waals surface area contributed by atoms with Crippen LogP contribution < -0.4 is 5.32 Å². The molecule has 0 spiro atoms. The van der Waals surface area contributed by atoms with Gasteiger partial charge in [0, 0.05) is 19.3 Å². The van der Waals surface area contributed by atoms with Crippen LogP contribution in [0.2, 0.25) is 0 Å². The van der Waals surface area contributed by atoms with Crippen molar-refractivity contribution in [2.75, 3.05) is 20.3 Å². The van der Waals surface area contributed by atoms with Gasteiger partial charge in [-0.05, 0) is 57.4 Å². The van der Waals surface area contributed by atoms with Crippen LogP contribution in [-0.4, -0.2) is 26.3 Å². The molecule has 0 bridgehead atoms. The molecule has 1 saturated carbocycles. The summed E-state index contributed by atoms with van der Waals surface area (Å²) in [6.45, 7) is 4.33. The molecule has 1 N–H and O–H groups in total. The van der Waals surface area contributed by atoms with E-state index in [1.807, 2.05) is 0 Å². The van der Waals surface area contributed by atoms with Crippen LogP contribution in [0.15, 0.2) is 0 Å². The Balaban J connectivity index is 1.83. The Morgan fingerprint density at radius 3 is 2.50 bits per heavy atom. The van der Waals surface area contributed by atoms with Gasteiger partial charge >= 0.3 is 0 Å². The summed E-state index contributed by atoms with van der Waals surface area (Å²) < 4.78 is 5.41. The summed E-state index contributed by atoms with van der Waals surface area (Å²) in [5.41, 5.74) is 0.650. The molecule has 2 fully saturated rings. The van der Waals surface area contributed by atoms with Crippen LogP contribution >= 0.6 is 0 Å². The normalized spacial score (nSPS) is 28.7.